The molecule has 0 heterocycles. The largest absolute Gasteiger partial charge is 0.461 e. The van der Waals surface area contributed by atoms with Crippen molar-refractivity contribution in [3.8, 4) is 0 Å². The van der Waals surface area contributed by atoms with Gasteiger partial charge in [-0.2, -0.15) is 0 Å². The van der Waals surface area contributed by atoms with Gasteiger partial charge in [-0.1, -0.05) is 30.3 Å². The van der Waals surface area contributed by atoms with E-state index >= 15 is 0 Å². The molecule has 0 aliphatic heterocycles. The first-order valence-corrected chi connectivity index (χ1v) is 9.34. The summed E-state index contributed by atoms with van der Waals surface area (Å²) < 4.78 is 10.5. The molecule has 2 amide bonds. The van der Waals surface area contributed by atoms with Crippen molar-refractivity contribution in [1.82, 2.24) is 10.6 Å². The topological polar surface area (TPSA) is 93.7 Å². The third-order valence-electron chi connectivity index (χ3n) is 3.32. The third kappa shape index (κ3) is 11.2. The van der Waals surface area contributed by atoms with Crippen LogP contribution >= 0.6 is 0 Å². The number of hydrogen-bond donors (Lipinski definition) is 2. The van der Waals surface area contributed by atoms with Crippen LogP contribution in [0.2, 0.25) is 0 Å². The second kappa shape index (κ2) is 10.1. The van der Waals surface area contributed by atoms with Crippen LogP contribution in [0.5, 0.6) is 0 Å². The van der Waals surface area contributed by atoms with Crippen LogP contribution in [0.15, 0.2) is 30.3 Å². The second-order valence-corrected chi connectivity index (χ2v) is 8.70. The molecule has 0 unspecified atom stereocenters. The van der Waals surface area contributed by atoms with E-state index in [1.54, 1.807) is 20.8 Å². The van der Waals surface area contributed by atoms with E-state index in [-0.39, 0.29) is 25.4 Å². The number of hydrogen-bond acceptors (Lipinski definition) is 5. The van der Waals surface area contributed by atoms with Gasteiger partial charge in [-0.15, -0.1) is 0 Å². The van der Waals surface area contributed by atoms with E-state index in [2.05, 4.69) is 10.6 Å². The first-order chi connectivity index (χ1) is 12.8. The Bertz CT molecular complexity index is 630. The fraction of sp³-hybridized carbons (Fsp3) is 0.571. The smallest absolute Gasteiger partial charge is 0.407 e. The highest BCUT2D eigenvalue weighted by Crippen LogP contribution is 2.10. The molecule has 0 spiro atoms. The van der Waals surface area contributed by atoms with Gasteiger partial charge in [0, 0.05) is 12.0 Å². The number of nitrogens with one attached hydrogen (secondary N) is 2. The van der Waals surface area contributed by atoms with Gasteiger partial charge in [0.15, 0.2) is 0 Å². The molecule has 0 aliphatic rings. The van der Waals surface area contributed by atoms with E-state index in [1.807, 2.05) is 51.1 Å². The molecule has 156 valence electrons. The molecule has 1 aromatic carbocycles. The molecule has 1 rings (SSSR count). The van der Waals surface area contributed by atoms with E-state index in [0.29, 0.717) is 0 Å². The van der Waals surface area contributed by atoms with Crippen molar-refractivity contribution in [2.45, 2.75) is 78.2 Å². The van der Waals surface area contributed by atoms with Gasteiger partial charge in [-0.05, 0) is 47.1 Å². The van der Waals surface area contributed by atoms with Crippen molar-refractivity contribution in [1.29, 1.82) is 0 Å². The zero-order chi connectivity index (χ0) is 21.4. The number of carbonyl (C=O) groups is 3. The summed E-state index contributed by atoms with van der Waals surface area (Å²) in [7, 11) is 0. The van der Waals surface area contributed by atoms with Crippen LogP contribution in [0.4, 0.5) is 4.79 Å². The number of esters is 1. The van der Waals surface area contributed by atoms with Gasteiger partial charge >= 0.3 is 12.1 Å². The van der Waals surface area contributed by atoms with E-state index in [9.17, 15) is 14.4 Å². The summed E-state index contributed by atoms with van der Waals surface area (Å²) in [5.74, 6) is -0.780. The normalized spacial score (nSPS) is 12.6. The fourth-order valence-electron chi connectivity index (χ4n) is 2.34. The van der Waals surface area contributed by atoms with E-state index in [4.69, 9.17) is 9.47 Å². The Hall–Kier alpha value is -2.57. The minimum absolute atomic E-state index is 0.0586. The molecule has 7 heteroatoms. The fourth-order valence-corrected chi connectivity index (χ4v) is 2.34. The molecule has 0 saturated carbocycles. The molecule has 0 aliphatic carbocycles. The Kier molecular flexibility index (Phi) is 8.47. The van der Waals surface area contributed by atoms with Crippen molar-refractivity contribution >= 4 is 18.0 Å². The number of carbonyl (C=O) groups excluding carboxylic acids is 3. The van der Waals surface area contributed by atoms with Crippen LogP contribution < -0.4 is 10.6 Å². The van der Waals surface area contributed by atoms with Crippen LogP contribution in [-0.2, 0) is 25.7 Å². The van der Waals surface area contributed by atoms with Gasteiger partial charge in [-0.25, -0.2) is 4.79 Å². The van der Waals surface area contributed by atoms with Crippen molar-refractivity contribution < 1.29 is 23.9 Å². The second-order valence-electron chi connectivity index (χ2n) is 8.70. The first-order valence-electron chi connectivity index (χ1n) is 9.34. The lowest BCUT2D eigenvalue weighted by Crippen LogP contribution is -2.46. The maximum Gasteiger partial charge on any atom is 0.407 e. The Labute approximate surface area is 167 Å². The molecule has 0 bridgehead atoms. The highest BCUT2D eigenvalue weighted by Gasteiger charge is 2.25. The molecule has 0 fully saturated rings. The Morgan fingerprint density at radius 1 is 0.964 bits per heavy atom. The highest BCUT2D eigenvalue weighted by atomic mass is 16.6. The van der Waals surface area contributed by atoms with E-state index in [0.717, 1.165) is 5.56 Å². The summed E-state index contributed by atoms with van der Waals surface area (Å²) in [6.07, 6.45) is -0.877. The van der Waals surface area contributed by atoms with Crippen molar-refractivity contribution in [2.75, 3.05) is 0 Å². The molecule has 28 heavy (non-hydrogen) atoms. The lowest BCUT2D eigenvalue weighted by Gasteiger charge is -2.25. The molecule has 1 aromatic rings. The summed E-state index contributed by atoms with van der Waals surface area (Å²) in [5.41, 5.74) is -0.240. The highest BCUT2D eigenvalue weighted by molar-refractivity contribution is 5.80. The Morgan fingerprint density at radius 3 is 2.11 bits per heavy atom. The standard InChI is InChI=1S/C21H32N2O5/c1-20(2,3)23-17(24)12-16(22-19(26)28-21(4,5)6)13-18(25)27-14-15-10-8-7-9-11-15/h7-11,16H,12-14H2,1-6H3,(H,22,26)(H,23,24)/t16-/m1/s1. The molecule has 0 aromatic heterocycles. The van der Waals surface area contributed by atoms with Crippen molar-refractivity contribution in [3.63, 3.8) is 0 Å². The van der Waals surface area contributed by atoms with Gasteiger partial charge in [0.05, 0.1) is 12.5 Å². The maximum atomic E-state index is 12.2. The van der Waals surface area contributed by atoms with Gasteiger partial charge in [0.25, 0.3) is 0 Å². The lowest BCUT2D eigenvalue weighted by atomic mass is 10.1. The van der Waals surface area contributed by atoms with Crippen molar-refractivity contribution in [2.24, 2.45) is 0 Å². The predicted octanol–water partition coefficient (Wildman–Crippen LogP) is 3.32. The quantitative estimate of drug-likeness (QED) is 0.694. The summed E-state index contributed by atoms with van der Waals surface area (Å²) in [4.78, 5) is 36.5. The van der Waals surface area contributed by atoms with E-state index < -0.39 is 29.2 Å². The van der Waals surface area contributed by atoms with Crippen LogP contribution in [0.1, 0.15) is 59.9 Å². The minimum atomic E-state index is -0.736. The van der Waals surface area contributed by atoms with Crippen LogP contribution in [0, 0.1) is 0 Å². The maximum absolute atomic E-state index is 12.2. The molecule has 2 N–H and O–H groups in total. The third-order valence-corrected chi connectivity index (χ3v) is 3.32. The summed E-state index contributed by atoms with van der Waals surface area (Å²) >= 11 is 0. The lowest BCUT2D eigenvalue weighted by molar-refractivity contribution is -0.145. The number of rotatable bonds is 7. The van der Waals surface area contributed by atoms with Gasteiger partial charge in [-0.3, -0.25) is 9.59 Å². The molecular weight excluding hydrogens is 360 g/mol. The number of benzene rings is 1. The van der Waals surface area contributed by atoms with Crippen molar-refractivity contribution in [3.05, 3.63) is 35.9 Å². The van der Waals surface area contributed by atoms with Gasteiger partial charge < -0.3 is 20.1 Å². The monoisotopic (exact) mass is 392 g/mol. The summed E-state index contributed by atoms with van der Waals surface area (Å²) in [6, 6.07) is 8.54. The SMILES string of the molecule is CC(C)(C)NC(=O)C[C@H](CC(=O)OCc1ccccc1)NC(=O)OC(C)(C)C. The van der Waals surface area contributed by atoms with Crippen LogP contribution in [0.25, 0.3) is 0 Å². The zero-order valence-electron chi connectivity index (χ0n) is 17.6. The Balaban J connectivity index is 2.68. The summed E-state index contributed by atoms with van der Waals surface area (Å²) in [5, 5.41) is 5.42. The number of ether oxygens (including phenoxy) is 2. The van der Waals surface area contributed by atoms with E-state index in [1.165, 1.54) is 0 Å². The average Bonchev–Trinajstić information content (AvgIpc) is 2.50. The number of amides is 2. The van der Waals surface area contributed by atoms with Crippen LogP contribution in [-0.4, -0.2) is 35.2 Å². The predicted molar refractivity (Wildman–Crippen MR) is 107 cm³/mol. The molecule has 0 saturated heterocycles. The first kappa shape index (κ1) is 23.5. The molecule has 1 atom stereocenters. The zero-order valence-corrected chi connectivity index (χ0v) is 17.6. The molecular formula is C21H32N2O5. The minimum Gasteiger partial charge on any atom is -0.461 e. The average molecular weight is 392 g/mol. The summed E-state index contributed by atoms with van der Waals surface area (Å²) in [6.45, 7) is 10.9. The molecule has 0 radical (unpaired) electrons. The van der Waals surface area contributed by atoms with Gasteiger partial charge in [0.2, 0.25) is 5.91 Å². The molecule has 7 nitrogen and oxygen atoms in total. The Morgan fingerprint density at radius 2 is 1.57 bits per heavy atom. The van der Waals surface area contributed by atoms with Crippen LogP contribution in [0.3, 0.4) is 0 Å². The number of alkyl carbamates (subject to hydrolysis) is 1. The van der Waals surface area contributed by atoms with Gasteiger partial charge in [0.1, 0.15) is 12.2 Å².